The zero-order valence-electron chi connectivity index (χ0n) is 11.1. The minimum Gasteiger partial charge on any atom is -0.465 e. The van der Waals surface area contributed by atoms with E-state index in [-0.39, 0.29) is 0 Å². The van der Waals surface area contributed by atoms with Gasteiger partial charge < -0.3 is 9.32 Å². The molecule has 3 heteroatoms. The lowest BCUT2D eigenvalue weighted by molar-refractivity contribution is 0.215. The van der Waals surface area contributed by atoms with Crippen LogP contribution in [0, 0.1) is 13.8 Å². The molecule has 2 aliphatic heterocycles. The average Bonchev–Trinajstić information content (AvgIpc) is 2.91. The van der Waals surface area contributed by atoms with Crippen molar-refractivity contribution in [1.82, 2.24) is 9.80 Å². The highest BCUT2D eigenvalue weighted by Crippen LogP contribution is 2.31. The van der Waals surface area contributed by atoms with Crippen molar-refractivity contribution in [3.05, 3.63) is 23.2 Å². The molecule has 0 saturated carbocycles. The van der Waals surface area contributed by atoms with Gasteiger partial charge in [0.1, 0.15) is 11.5 Å². The summed E-state index contributed by atoms with van der Waals surface area (Å²) in [7, 11) is 2.26. The smallest absolute Gasteiger partial charge is 0.118 e. The molecular formula is C14H22N2O. The van der Waals surface area contributed by atoms with Crippen LogP contribution in [0.1, 0.15) is 29.9 Å². The van der Waals surface area contributed by atoms with Crippen LogP contribution in [0.4, 0.5) is 0 Å². The van der Waals surface area contributed by atoms with Gasteiger partial charge >= 0.3 is 0 Å². The van der Waals surface area contributed by atoms with E-state index in [0.717, 1.165) is 30.1 Å². The van der Waals surface area contributed by atoms with Gasteiger partial charge in [-0.1, -0.05) is 0 Å². The fourth-order valence-electron chi connectivity index (χ4n) is 3.41. The highest BCUT2D eigenvalue weighted by Gasteiger charge is 2.40. The first-order chi connectivity index (χ1) is 8.15. The Kier molecular flexibility index (Phi) is 2.75. The molecule has 2 aliphatic rings. The molecule has 0 aliphatic carbocycles. The van der Waals surface area contributed by atoms with Crippen LogP contribution < -0.4 is 0 Å². The maximum atomic E-state index is 5.80. The average molecular weight is 234 g/mol. The van der Waals surface area contributed by atoms with Gasteiger partial charge in [0, 0.05) is 18.6 Å². The first-order valence-electron chi connectivity index (χ1n) is 6.65. The molecule has 1 aromatic heterocycles. The second-order valence-electron chi connectivity index (χ2n) is 5.62. The van der Waals surface area contributed by atoms with E-state index in [4.69, 9.17) is 4.42 Å². The molecule has 0 bridgehead atoms. The van der Waals surface area contributed by atoms with Crippen LogP contribution in [0.2, 0.25) is 0 Å². The number of hydrogen-bond acceptors (Lipinski definition) is 3. The maximum absolute atomic E-state index is 5.80. The zero-order valence-corrected chi connectivity index (χ0v) is 11.1. The standard InChI is InChI=1S/C14H22N2O/c1-10-8-12(17-11(10)2)9-16-7-5-13-14(16)4-6-15(13)3/h8,13-14H,4-7,9H2,1-3H3/t13-,14+/m0/s1. The van der Waals surface area contributed by atoms with E-state index in [9.17, 15) is 0 Å². The van der Waals surface area contributed by atoms with Crippen molar-refractivity contribution in [2.75, 3.05) is 20.1 Å². The summed E-state index contributed by atoms with van der Waals surface area (Å²) in [4.78, 5) is 5.12. The van der Waals surface area contributed by atoms with E-state index in [2.05, 4.69) is 36.8 Å². The van der Waals surface area contributed by atoms with Crippen molar-refractivity contribution in [2.45, 2.75) is 45.3 Å². The molecule has 2 atom stereocenters. The van der Waals surface area contributed by atoms with Gasteiger partial charge in [0.2, 0.25) is 0 Å². The van der Waals surface area contributed by atoms with E-state index >= 15 is 0 Å². The topological polar surface area (TPSA) is 19.6 Å². The van der Waals surface area contributed by atoms with E-state index in [1.807, 2.05) is 0 Å². The van der Waals surface area contributed by atoms with Crippen LogP contribution in [-0.4, -0.2) is 42.0 Å². The van der Waals surface area contributed by atoms with Crippen molar-refractivity contribution in [3.8, 4) is 0 Å². The number of furan rings is 1. The molecule has 94 valence electrons. The fourth-order valence-corrected chi connectivity index (χ4v) is 3.41. The summed E-state index contributed by atoms with van der Waals surface area (Å²) in [5.74, 6) is 2.20. The molecule has 0 amide bonds. The molecule has 0 N–H and O–H groups in total. The van der Waals surface area contributed by atoms with E-state index in [0.29, 0.717) is 0 Å². The summed E-state index contributed by atoms with van der Waals surface area (Å²) in [6.07, 6.45) is 2.64. The summed E-state index contributed by atoms with van der Waals surface area (Å²) in [5, 5.41) is 0. The van der Waals surface area contributed by atoms with Gasteiger partial charge in [0.25, 0.3) is 0 Å². The number of nitrogens with zero attached hydrogens (tertiary/aromatic N) is 2. The maximum Gasteiger partial charge on any atom is 0.118 e. The second kappa shape index (κ2) is 4.14. The van der Waals surface area contributed by atoms with Crippen LogP contribution in [0.15, 0.2) is 10.5 Å². The Morgan fingerprint density at radius 1 is 1.24 bits per heavy atom. The Morgan fingerprint density at radius 2 is 2.00 bits per heavy atom. The molecule has 2 fully saturated rings. The van der Waals surface area contributed by atoms with Gasteiger partial charge in [-0.25, -0.2) is 0 Å². The van der Waals surface area contributed by atoms with Gasteiger partial charge in [-0.05, 0) is 51.9 Å². The first-order valence-corrected chi connectivity index (χ1v) is 6.65. The Morgan fingerprint density at radius 3 is 2.71 bits per heavy atom. The van der Waals surface area contributed by atoms with Crippen molar-refractivity contribution in [3.63, 3.8) is 0 Å². The zero-order chi connectivity index (χ0) is 12.0. The third-order valence-electron chi connectivity index (χ3n) is 4.54. The number of rotatable bonds is 2. The molecule has 0 unspecified atom stereocenters. The predicted octanol–water partition coefficient (Wildman–Crippen LogP) is 2.17. The molecular weight excluding hydrogens is 212 g/mol. The SMILES string of the molecule is Cc1cc(CN2CC[C@H]3[C@H]2CCN3C)oc1C. The number of aryl methyl sites for hydroxylation is 2. The molecule has 1 aromatic rings. The van der Waals surface area contributed by atoms with Crippen LogP contribution in [0.25, 0.3) is 0 Å². The van der Waals surface area contributed by atoms with Gasteiger partial charge in [-0.2, -0.15) is 0 Å². The third kappa shape index (κ3) is 1.91. The van der Waals surface area contributed by atoms with E-state index in [1.165, 1.54) is 31.5 Å². The third-order valence-corrected chi connectivity index (χ3v) is 4.54. The molecule has 0 spiro atoms. The summed E-state index contributed by atoms with van der Waals surface area (Å²) >= 11 is 0. The van der Waals surface area contributed by atoms with Crippen LogP contribution >= 0.6 is 0 Å². The van der Waals surface area contributed by atoms with Gasteiger partial charge in [-0.3, -0.25) is 4.90 Å². The number of fused-ring (bicyclic) bond motifs is 1. The predicted molar refractivity (Wildman–Crippen MR) is 68.0 cm³/mol. The summed E-state index contributed by atoms with van der Waals surface area (Å²) in [6, 6.07) is 3.74. The number of likely N-dealkylation sites (N-methyl/N-ethyl adjacent to an activating group) is 1. The molecule has 3 nitrogen and oxygen atoms in total. The highest BCUT2D eigenvalue weighted by atomic mass is 16.3. The minimum atomic E-state index is 0.755. The monoisotopic (exact) mass is 234 g/mol. The molecule has 17 heavy (non-hydrogen) atoms. The largest absolute Gasteiger partial charge is 0.465 e. The molecule has 3 rings (SSSR count). The number of hydrogen-bond donors (Lipinski definition) is 0. The van der Waals surface area contributed by atoms with Crippen LogP contribution in [0.3, 0.4) is 0 Å². The lowest BCUT2D eigenvalue weighted by atomic mass is 10.1. The van der Waals surface area contributed by atoms with E-state index in [1.54, 1.807) is 0 Å². The number of likely N-dealkylation sites (tertiary alicyclic amines) is 2. The van der Waals surface area contributed by atoms with Crippen molar-refractivity contribution >= 4 is 0 Å². The molecule has 3 heterocycles. The van der Waals surface area contributed by atoms with Crippen molar-refractivity contribution in [1.29, 1.82) is 0 Å². The fraction of sp³-hybridized carbons (Fsp3) is 0.714. The summed E-state index contributed by atoms with van der Waals surface area (Å²) in [6.45, 7) is 7.64. The second-order valence-corrected chi connectivity index (χ2v) is 5.62. The highest BCUT2D eigenvalue weighted by molar-refractivity contribution is 5.19. The molecule has 0 radical (unpaired) electrons. The van der Waals surface area contributed by atoms with Gasteiger partial charge in [0.15, 0.2) is 0 Å². The Labute approximate surface area is 103 Å². The molecule has 0 aromatic carbocycles. The lowest BCUT2D eigenvalue weighted by Crippen LogP contribution is -2.34. The Bertz CT molecular complexity index is 393. The lowest BCUT2D eigenvalue weighted by Gasteiger charge is -2.22. The molecule has 2 saturated heterocycles. The normalized spacial score (nSPS) is 30.1. The Hall–Kier alpha value is -0.800. The summed E-state index contributed by atoms with van der Waals surface area (Å²) < 4.78 is 5.80. The van der Waals surface area contributed by atoms with Gasteiger partial charge in [0.05, 0.1) is 6.54 Å². The van der Waals surface area contributed by atoms with Crippen LogP contribution in [-0.2, 0) is 6.54 Å². The van der Waals surface area contributed by atoms with Crippen molar-refractivity contribution in [2.24, 2.45) is 0 Å². The minimum absolute atomic E-state index is 0.755. The van der Waals surface area contributed by atoms with E-state index < -0.39 is 0 Å². The Balaban J connectivity index is 1.70. The van der Waals surface area contributed by atoms with Crippen molar-refractivity contribution < 1.29 is 4.42 Å². The quantitative estimate of drug-likeness (QED) is 0.782. The summed E-state index contributed by atoms with van der Waals surface area (Å²) in [5.41, 5.74) is 1.28. The van der Waals surface area contributed by atoms with Gasteiger partial charge in [-0.15, -0.1) is 0 Å². The van der Waals surface area contributed by atoms with Crippen LogP contribution in [0.5, 0.6) is 0 Å². The first kappa shape index (κ1) is 11.3.